The first kappa shape index (κ1) is 28.4. The Labute approximate surface area is 95.8 Å². The summed E-state index contributed by atoms with van der Waals surface area (Å²) in [5.41, 5.74) is 0. The van der Waals surface area contributed by atoms with Gasteiger partial charge in [-0.05, 0) is 0 Å². The van der Waals surface area contributed by atoms with Gasteiger partial charge in [0.15, 0.2) is 0 Å². The Balaban J connectivity index is 0. The maximum atomic E-state index is 0. The average Bonchev–Trinajstić information content (AvgIpc) is 0. The van der Waals surface area contributed by atoms with Gasteiger partial charge in [-0.3, -0.25) is 4.70 Å². The van der Waals surface area contributed by atoms with E-state index in [9.17, 15) is 0 Å². The molecule has 0 unspecified atom stereocenters. The Bertz CT molecular complexity index is 10.1. The fraction of sp³-hybridized carbons (Fsp3) is 0. The van der Waals surface area contributed by atoms with Crippen molar-refractivity contribution in [1.29, 1.82) is 0 Å². The van der Waals surface area contributed by atoms with E-state index in [1.54, 1.807) is 0 Å². The first-order valence-corrected chi connectivity index (χ1v) is 0. The van der Waals surface area contributed by atoms with Crippen molar-refractivity contribution in [3.63, 3.8) is 0 Å². The van der Waals surface area contributed by atoms with Crippen LogP contribution < -0.4 is 88.7 Å². The maximum absolute atomic E-state index is 0. The molecule has 0 radical (unpaired) electrons. The minimum Gasteiger partial charge on any atom is -1.00 e. The van der Waals surface area contributed by atoms with Gasteiger partial charge in [-0.1, -0.05) is 0 Å². The van der Waals surface area contributed by atoms with Gasteiger partial charge in [0.25, 0.3) is 0 Å². The van der Waals surface area contributed by atoms with E-state index in [1.807, 2.05) is 0 Å². The van der Waals surface area contributed by atoms with E-state index in [2.05, 4.69) is 0 Å². The number of hydrogen-bond acceptors (Lipinski definition) is 0. The first-order valence-electron chi connectivity index (χ1n) is 0. The van der Waals surface area contributed by atoms with E-state index >= 15 is 0 Å². The van der Waals surface area contributed by atoms with Gasteiger partial charge in [-0.2, -0.15) is 0 Å². The predicted molar refractivity (Wildman–Crippen MR) is 5.84 cm³/mol. The third kappa shape index (κ3) is 8.87. The second kappa shape index (κ2) is 16.8. The van der Waals surface area contributed by atoms with Crippen molar-refractivity contribution < 1.29 is 97.7 Å². The first-order chi connectivity index (χ1) is 0. The zero-order valence-corrected chi connectivity index (χ0v) is 9.41. The quantitative estimate of drug-likeness (QED) is 0.260. The molecule has 0 aliphatic heterocycles. The third-order valence-electron chi connectivity index (χ3n) is 0. The van der Waals surface area contributed by atoms with Crippen LogP contribution in [0.5, 0.6) is 0 Å². The van der Waals surface area contributed by atoms with Crippen LogP contribution in [0.4, 0.5) is 4.70 Å². The normalized spacial score (nSPS) is 0. The Morgan fingerprint density at radius 3 is 0.750 bits per heavy atom. The molecule has 0 atom stereocenters. The van der Waals surface area contributed by atoms with Crippen LogP contribution in [0.1, 0.15) is 4.28 Å². The summed E-state index contributed by atoms with van der Waals surface area (Å²) in [5, 5.41) is 0. The summed E-state index contributed by atoms with van der Waals surface area (Å²) in [4.78, 5) is 0. The molecule has 0 aromatic heterocycles. The molecule has 0 aliphatic rings. The van der Waals surface area contributed by atoms with E-state index in [1.165, 1.54) is 0 Å². The van der Waals surface area contributed by atoms with E-state index in [-0.39, 0.29) is 97.7 Å². The minimum absolute atomic E-state index is 0. The van der Waals surface area contributed by atoms with Crippen LogP contribution in [0.2, 0.25) is 0 Å². The molecule has 0 saturated carbocycles. The Hall–Kier alpha value is 2.93. The molecule has 4 heavy (non-hydrogen) atoms. The van der Waals surface area contributed by atoms with Crippen LogP contribution in [0.15, 0.2) is 0 Å². The van der Waals surface area contributed by atoms with Crippen LogP contribution in [0.25, 0.3) is 0 Å². The van der Waals surface area contributed by atoms with Crippen molar-refractivity contribution in [2.45, 2.75) is 0 Å². The van der Waals surface area contributed by atoms with Crippen LogP contribution in [-0.4, -0.2) is 0 Å². The SMILES string of the molecule is F.[H-].[H-].[H-].[Na+].[Na+].[Na+]. The summed E-state index contributed by atoms with van der Waals surface area (Å²) in [6.07, 6.45) is 0. The summed E-state index contributed by atoms with van der Waals surface area (Å²) in [6.45, 7) is 0. The maximum Gasteiger partial charge on any atom is 1.00 e. The zero-order valence-electron chi connectivity index (χ0n) is 6.41. The Morgan fingerprint density at radius 2 is 0.750 bits per heavy atom. The van der Waals surface area contributed by atoms with Gasteiger partial charge in [0, 0.05) is 0 Å². The van der Waals surface area contributed by atoms with Crippen molar-refractivity contribution in [3.8, 4) is 0 Å². The molecular formula is H4FNa3. The second-order valence-electron chi connectivity index (χ2n) is 0. The van der Waals surface area contributed by atoms with Crippen molar-refractivity contribution in [1.82, 2.24) is 0 Å². The van der Waals surface area contributed by atoms with Gasteiger partial charge < -0.3 is 4.28 Å². The number of halogens is 1. The monoisotopic (exact) mass is 92.0 g/mol. The predicted octanol–water partition coefficient (Wildman–Crippen LogP) is -8.50. The standard InChI is InChI=1S/FH.3Na.3H/h1H;;;;;;/q;3*+1;3*-1. The summed E-state index contributed by atoms with van der Waals surface area (Å²) in [7, 11) is 0. The van der Waals surface area contributed by atoms with Gasteiger partial charge in [0.05, 0.1) is 0 Å². The molecule has 0 aromatic rings. The van der Waals surface area contributed by atoms with Gasteiger partial charge in [-0.25, -0.2) is 0 Å². The van der Waals surface area contributed by atoms with Gasteiger partial charge in [-0.15, -0.1) is 0 Å². The molecule has 4 heteroatoms. The van der Waals surface area contributed by atoms with E-state index in [0.29, 0.717) is 0 Å². The summed E-state index contributed by atoms with van der Waals surface area (Å²) in [5.74, 6) is 0. The van der Waals surface area contributed by atoms with Crippen LogP contribution >= 0.6 is 0 Å². The topological polar surface area (TPSA) is 0 Å². The molecule has 0 saturated heterocycles. The summed E-state index contributed by atoms with van der Waals surface area (Å²) in [6, 6.07) is 0. The smallest absolute Gasteiger partial charge is 1.00 e. The Morgan fingerprint density at radius 1 is 0.750 bits per heavy atom. The molecule has 0 heterocycles. The minimum atomic E-state index is 0. The molecule has 0 fully saturated rings. The van der Waals surface area contributed by atoms with E-state index in [4.69, 9.17) is 0 Å². The molecule has 0 bridgehead atoms. The van der Waals surface area contributed by atoms with Crippen molar-refractivity contribution in [2.75, 3.05) is 0 Å². The average molecular weight is 92.0 g/mol. The van der Waals surface area contributed by atoms with Gasteiger partial charge >= 0.3 is 88.7 Å². The number of rotatable bonds is 0. The van der Waals surface area contributed by atoms with E-state index < -0.39 is 0 Å². The largest absolute Gasteiger partial charge is 1.00 e. The number of hydrogen-bond donors (Lipinski definition) is 0. The molecule has 0 aromatic carbocycles. The third-order valence-corrected chi connectivity index (χ3v) is 0. The molecule has 0 aliphatic carbocycles. The molecule has 0 spiro atoms. The van der Waals surface area contributed by atoms with Crippen molar-refractivity contribution >= 4 is 0 Å². The molecule has 0 nitrogen and oxygen atoms in total. The summed E-state index contributed by atoms with van der Waals surface area (Å²) >= 11 is 0. The Kier molecular flexibility index (Phi) is 119. The van der Waals surface area contributed by atoms with Crippen LogP contribution in [0.3, 0.4) is 0 Å². The molecule has 0 rings (SSSR count). The molecule has 14 valence electrons. The van der Waals surface area contributed by atoms with Crippen LogP contribution in [0, 0.1) is 0 Å². The van der Waals surface area contributed by atoms with Gasteiger partial charge in [0.1, 0.15) is 0 Å². The van der Waals surface area contributed by atoms with Crippen LogP contribution in [-0.2, 0) is 0 Å². The fourth-order valence-corrected chi connectivity index (χ4v) is 0. The zero-order chi connectivity index (χ0) is 0. The van der Waals surface area contributed by atoms with E-state index in [0.717, 1.165) is 0 Å². The molecular weight excluding hydrogens is 88.0 g/mol. The summed E-state index contributed by atoms with van der Waals surface area (Å²) < 4.78 is 0. The second-order valence-corrected chi connectivity index (χ2v) is 0. The van der Waals surface area contributed by atoms with Crippen molar-refractivity contribution in [2.24, 2.45) is 0 Å². The van der Waals surface area contributed by atoms with Crippen molar-refractivity contribution in [3.05, 3.63) is 0 Å². The molecule has 0 amide bonds. The molecule has 0 N–H and O–H groups in total. The fourth-order valence-electron chi connectivity index (χ4n) is 0. The van der Waals surface area contributed by atoms with Gasteiger partial charge in [0.2, 0.25) is 0 Å².